The lowest BCUT2D eigenvalue weighted by atomic mass is 10.1. The highest BCUT2D eigenvalue weighted by Crippen LogP contribution is 2.24. The molecule has 0 saturated carbocycles. The zero-order valence-corrected chi connectivity index (χ0v) is 11.2. The normalized spacial score (nSPS) is 11.2. The van der Waals surface area contributed by atoms with Gasteiger partial charge in [-0.15, -0.1) is 0 Å². The molecular formula is C15H14N2O4. The summed E-state index contributed by atoms with van der Waals surface area (Å²) in [6.07, 6.45) is 0. The van der Waals surface area contributed by atoms with Crippen molar-refractivity contribution < 1.29 is 20.1 Å². The largest absolute Gasteiger partial charge is 0.507 e. The predicted molar refractivity (Wildman–Crippen MR) is 77.6 cm³/mol. The van der Waals surface area contributed by atoms with E-state index in [1.54, 1.807) is 25.1 Å². The minimum Gasteiger partial charge on any atom is -0.507 e. The number of phenolic OH excluding ortho intramolecular Hbond substituents is 3. The van der Waals surface area contributed by atoms with Gasteiger partial charge in [0.15, 0.2) is 11.5 Å². The minimum atomic E-state index is -0.542. The Morgan fingerprint density at radius 3 is 2.38 bits per heavy atom. The highest BCUT2D eigenvalue weighted by molar-refractivity contribution is 6.02. The van der Waals surface area contributed by atoms with Gasteiger partial charge in [-0.3, -0.25) is 4.79 Å². The summed E-state index contributed by atoms with van der Waals surface area (Å²) in [6, 6.07) is 10.3. The molecule has 0 spiro atoms. The molecule has 0 unspecified atom stereocenters. The number of nitrogens with one attached hydrogen (secondary N) is 1. The number of carbonyl (C=O) groups is 1. The average Bonchev–Trinajstić information content (AvgIpc) is 2.47. The molecule has 2 rings (SSSR count). The van der Waals surface area contributed by atoms with Crippen molar-refractivity contribution in [3.05, 3.63) is 53.6 Å². The van der Waals surface area contributed by atoms with Crippen molar-refractivity contribution in [2.45, 2.75) is 6.92 Å². The van der Waals surface area contributed by atoms with Crippen molar-refractivity contribution in [3.63, 3.8) is 0 Å². The molecule has 0 aliphatic rings. The van der Waals surface area contributed by atoms with Gasteiger partial charge in [-0.25, -0.2) is 5.43 Å². The fraction of sp³-hybridized carbons (Fsp3) is 0.0667. The van der Waals surface area contributed by atoms with E-state index in [0.717, 1.165) is 6.07 Å². The number of amides is 1. The monoisotopic (exact) mass is 286 g/mol. The molecule has 108 valence electrons. The van der Waals surface area contributed by atoms with Gasteiger partial charge in [0.05, 0.1) is 5.71 Å². The molecule has 21 heavy (non-hydrogen) atoms. The Bertz CT molecular complexity index is 711. The lowest BCUT2D eigenvalue weighted by Gasteiger charge is -2.05. The fourth-order valence-electron chi connectivity index (χ4n) is 1.70. The summed E-state index contributed by atoms with van der Waals surface area (Å²) in [5.41, 5.74) is 3.41. The second-order valence-electron chi connectivity index (χ2n) is 4.36. The zero-order chi connectivity index (χ0) is 15.4. The van der Waals surface area contributed by atoms with Crippen LogP contribution >= 0.6 is 0 Å². The molecule has 0 bridgehead atoms. The zero-order valence-electron chi connectivity index (χ0n) is 11.2. The molecule has 0 aliphatic carbocycles. The van der Waals surface area contributed by atoms with E-state index in [0.29, 0.717) is 11.3 Å². The molecule has 0 saturated heterocycles. The maximum Gasteiger partial charge on any atom is 0.271 e. The summed E-state index contributed by atoms with van der Waals surface area (Å²) in [6.45, 7) is 1.64. The molecule has 0 fully saturated rings. The Labute approximate surface area is 121 Å². The lowest BCUT2D eigenvalue weighted by Crippen LogP contribution is -2.19. The van der Waals surface area contributed by atoms with Crippen LogP contribution in [0.2, 0.25) is 0 Å². The molecule has 0 aromatic heterocycles. The van der Waals surface area contributed by atoms with Crippen LogP contribution < -0.4 is 5.43 Å². The number of rotatable bonds is 3. The molecule has 0 atom stereocenters. The standard InChI is InChI=1S/C15H14N2O4/c1-9(11-4-2-3-5-12(11)18)16-17-15(21)10-6-7-13(19)14(20)8-10/h2-8,18-20H,1H3,(H,17,21)/b16-9-. The van der Waals surface area contributed by atoms with Crippen LogP contribution in [0.5, 0.6) is 17.2 Å². The number of hydrogen-bond donors (Lipinski definition) is 4. The number of hydrazone groups is 1. The summed E-state index contributed by atoms with van der Waals surface area (Å²) >= 11 is 0. The molecule has 2 aromatic carbocycles. The maximum atomic E-state index is 11.9. The number of nitrogens with zero attached hydrogens (tertiary/aromatic N) is 1. The van der Waals surface area contributed by atoms with E-state index >= 15 is 0 Å². The van der Waals surface area contributed by atoms with Gasteiger partial charge in [0, 0.05) is 11.1 Å². The fourth-order valence-corrected chi connectivity index (χ4v) is 1.70. The average molecular weight is 286 g/mol. The van der Waals surface area contributed by atoms with Crippen LogP contribution in [0.1, 0.15) is 22.8 Å². The first-order valence-electron chi connectivity index (χ1n) is 6.14. The van der Waals surface area contributed by atoms with Crippen molar-refractivity contribution in [1.82, 2.24) is 5.43 Å². The summed E-state index contributed by atoms with van der Waals surface area (Å²) in [7, 11) is 0. The Balaban J connectivity index is 2.14. The Morgan fingerprint density at radius 2 is 1.71 bits per heavy atom. The van der Waals surface area contributed by atoms with Gasteiger partial charge in [0.1, 0.15) is 5.75 Å². The van der Waals surface area contributed by atoms with E-state index < -0.39 is 5.91 Å². The van der Waals surface area contributed by atoms with Crippen LogP contribution in [0, 0.1) is 0 Å². The summed E-state index contributed by atoms with van der Waals surface area (Å²) < 4.78 is 0. The van der Waals surface area contributed by atoms with Crippen LogP contribution in [-0.2, 0) is 0 Å². The van der Waals surface area contributed by atoms with Crippen LogP contribution in [0.15, 0.2) is 47.6 Å². The van der Waals surface area contributed by atoms with Crippen LogP contribution in [-0.4, -0.2) is 26.9 Å². The van der Waals surface area contributed by atoms with Gasteiger partial charge in [-0.1, -0.05) is 12.1 Å². The molecule has 0 aliphatic heterocycles. The molecule has 0 heterocycles. The topological polar surface area (TPSA) is 102 Å². The third kappa shape index (κ3) is 3.30. The number of benzene rings is 2. The molecule has 0 radical (unpaired) electrons. The van der Waals surface area contributed by atoms with Gasteiger partial charge in [0.25, 0.3) is 5.91 Å². The van der Waals surface area contributed by atoms with E-state index in [9.17, 15) is 20.1 Å². The van der Waals surface area contributed by atoms with E-state index in [2.05, 4.69) is 10.5 Å². The van der Waals surface area contributed by atoms with E-state index in [-0.39, 0.29) is 22.8 Å². The highest BCUT2D eigenvalue weighted by atomic mass is 16.3. The number of para-hydroxylation sites is 1. The first-order chi connectivity index (χ1) is 9.99. The first-order valence-corrected chi connectivity index (χ1v) is 6.14. The number of aromatic hydroxyl groups is 3. The van der Waals surface area contributed by atoms with Crippen LogP contribution in [0.4, 0.5) is 0 Å². The maximum absolute atomic E-state index is 11.9. The third-order valence-electron chi connectivity index (χ3n) is 2.86. The Morgan fingerprint density at radius 1 is 1.00 bits per heavy atom. The number of phenols is 3. The third-order valence-corrected chi connectivity index (χ3v) is 2.86. The molecule has 1 amide bonds. The second kappa shape index (κ2) is 5.96. The van der Waals surface area contributed by atoms with Gasteiger partial charge in [0.2, 0.25) is 0 Å². The van der Waals surface area contributed by atoms with Crippen molar-refractivity contribution in [3.8, 4) is 17.2 Å². The molecule has 6 heteroatoms. The quantitative estimate of drug-likeness (QED) is 0.393. The first kappa shape index (κ1) is 14.4. The van der Waals surface area contributed by atoms with Crippen LogP contribution in [0.3, 0.4) is 0 Å². The highest BCUT2D eigenvalue weighted by Gasteiger charge is 2.09. The Hall–Kier alpha value is -3.02. The predicted octanol–water partition coefficient (Wildman–Crippen LogP) is 1.96. The Kier molecular flexibility index (Phi) is 4.08. The molecule has 6 nitrogen and oxygen atoms in total. The molecule has 2 aromatic rings. The smallest absolute Gasteiger partial charge is 0.271 e. The second-order valence-corrected chi connectivity index (χ2v) is 4.36. The van der Waals surface area contributed by atoms with E-state index in [1.165, 1.54) is 18.2 Å². The van der Waals surface area contributed by atoms with Gasteiger partial charge >= 0.3 is 0 Å². The van der Waals surface area contributed by atoms with Crippen molar-refractivity contribution in [1.29, 1.82) is 0 Å². The summed E-state index contributed by atoms with van der Waals surface area (Å²) in [5, 5.41) is 32.1. The van der Waals surface area contributed by atoms with Gasteiger partial charge in [-0.05, 0) is 37.3 Å². The van der Waals surface area contributed by atoms with Crippen molar-refractivity contribution in [2.24, 2.45) is 5.10 Å². The van der Waals surface area contributed by atoms with Crippen molar-refractivity contribution in [2.75, 3.05) is 0 Å². The molecule has 4 N–H and O–H groups in total. The van der Waals surface area contributed by atoms with Gasteiger partial charge in [-0.2, -0.15) is 5.10 Å². The van der Waals surface area contributed by atoms with Crippen molar-refractivity contribution >= 4 is 11.6 Å². The minimum absolute atomic E-state index is 0.0651. The molecular weight excluding hydrogens is 272 g/mol. The SMILES string of the molecule is C/C(=N/NC(=O)c1ccc(O)c(O)c1)c1ccccc1O. The lowest BCUT2D eigenvalue weighted by molar-refractivity contribution is 0.0954. The summed E-state index contributed by atoms with van der Waals surface area (Å²) in [5.74, 6) is -1.17. The number of hydrogen-bond acceptors (Lipinski definition) is 5. The summed E-state index contributed by atoms with van der Waals surface area (Å²) in [4.78, 5) is 11.9. The van der Waals surface area contributed by atoms with E-state index in [4.69, 9.17) is 0 Å². The number of carbonyl (C=O) groups excluding carboxylic acids is 1. The van der Waals surface area contributed by atoms with E-state index in [1.807, 2.05) is 0 Å². The van der Waals surface area contributed by atoms with Crippen LogP contribution in [0.25, 0.3) is 0 Å². The van der Waals surface area contributed by atoms with Gasteiger partial charge < -0.3 is 15.3 Å².